The van der Waals surface area contributed by atoms with Gasteiger partial charge in [0.05, 0.1) is 6.61 Å². The molecule has 1 aromatic carbocycles. The van der Waals surface area contributed by atoms with Crippen LogP contribution in [0.15, 0.2) is 18.2 Å². The summed E-state index contributed by atoms with van der Waals surface area (Å²) in [7, 11) is 1.77. The average molecular weight is 269 g/mol. The molecule has 1 fully saturated rings. The van der Waals surface area contributed by atoms with Crippen molar-refractivity contribution in [2.45, 2.75) is 19.4 Å². The number of hydrogen-bond donors (Lipinski definition) is 1. The van der Waals surface area contributed by atoms with Crippen molar-refractivity contribution in [3.8, 4) is 0 Å². The van der Waals surface area contributed by atoms with Gasteiger partial charge in [-0.1, -0.05) is 11.6 Å². The summed E-state index contributed by atoms with van der Waals surface area (Å²) in [6, 6.07) is 5.79. The van der Waals surface area contributed by atoms with Crippen molar-refractivity contribution < 1.29 is 4.74 Å². The molecule has 4 heteroatoms. The van der Waals surface area contributed by atoms with Gasteiger partial charge in [0.25, 0.3) is 0 Å². The van der Waals surface area contributed by atoms with Crippen LogP contribution in [0, 0.1) is 5.92 Å². The molecule has 1 aliphatic rings. The van der Waals surface area contributed by atoms with Gasteiger partial charge in [0.2, 0.25) is 0 Å². The monoisotopic (exact) mass is 268 g/mol. The van der Waals surface area contributed by atoms with E-state index >= 15 is 0 Å². The van der Waals surface area contributed by atoms with Crippen molar-refractivity contribution in [3.05, 3.63) is 28.8 Å². The standard InChI is InChI=1S/C14H21ClN2O/c1-18-10-11-3-2-4-17(8-11)9-12-5-13(15)7-14(16)6-12/h5-7,11H,2-4,8-10,16H2,1H3. The van der Waals surface area contributed by atoms with Gasteiger partial charge in [0.15, 0.2) is 0 Å². The van der Waals surface area contributed by atoms with E-state index in [1.165, 1.54) is 18.4 Å². The van der Waals surface area contributed by atoms with Crippen LogP contribution in [0.1, 0.15) is 18.4 Å². The fraction of sp³-hybridized carbons (Fsp3) is 0.571. The molecular formula is C14H21ClN2O. The number of benzene rings is 1. The number of nitrogens with two attached hydrogens (primary N) is 1. The molecule has 1 aliphatic heterocycles. The fourth-order valence-corrected chi connectivity index (χ4v) is 2.96. The number of likely N-dealkylation sites (tertiary alicyclic amines) is 1. The van der Waals surface area contributed by atoms with Crippen LogP contribution in [0.3, 0.4) is 0 Å². The lowest BCUT2D eigenvalue weighted by atomic mass is 9.98. The molecule has 2 rings (SSSR count). The number of halogens is 1. The zero-order valence-corrected chi connectivity index (χ0v) is 11.6. The van der Waals surface area contributed by atoms with Crippen LogP contribution in [0.2, 0.25) is 5.02 Å². The van der Waals surface area contributed by atoms with Crippen molar-refractivity contribution in [2.75, 3.05) is 32.5 Å². The van der Waals surface area contributed by atoms with E-state index in [9.17, 15) is 0 Å². The second-order valence-corrected chi connectivity index (χ2v) is 5.53. The van der Waals surface area contributed by atoms with Crippen LogP contribution in [0.4, 0.5) is 5.69 Å². The normalized spacial score (nSPS) is 21.1. The molecule has 18 heavy (non-hydrogen) atoms. The number of nitrogens with zero attached hydrogens (tertiary/aromatic N) is 1. The van der Waals surface area contributed by atoms with E-state index in [0.717, 1.165) is 37.0 Å². The molecule has 1 heterocycles. The van der Waals surface area contributed by atoms with Crippen molar-refractivity contribution in [1.29, 1.82) is 0 Å². The van der Waals surface area contributed by atoms with Gasteiger partial charge < -0.3 is 10.5 Å². The van der Waals surface area contributed by atoms with Crippen molar-refractivity contribution in [2.24, 2.45) is 5.92 Å². The highest BCUT2D eigenvalue weighted by Crippen LogP contribution is 2.22. The quantitative estimate of drug-likeness (QED) is 0.854. The first kappa shape index (κ1) is 13.7. The SMILES string of the molecule is COCC1CCCN(Cc2cc(N)cc(Cl)c2)C1. The lowest BCUT2D eigenvalue weighted by Crippen LogP contribution is -2.36. The molecule has 0 saturated carbocycles. The van der Waals surface area contributed by atoms with E-state index in [4.69, 9.17) is 22.1 Å². The van der Waals surface area contributed by atoms with E-state index in [-0.39, 0.29) is 0 Å². The molecule has 0 bridgehead atoms. The first-order valence-corrected chi connectivity index (χ1v) is 6.81. The molecular weight excluding hydrogens is 248 g/mol. The summed E-state index contributed by atoms with van der Waals surface area (Å²) in [5.41, 5.74) is 7.75. The average Bonchev–Trinajstić information content (AvgIpc) is 2.28. The lowest BCUT2D eigenvalue weighted by molar-refractivity contribution is 0.0874. The Kier molecular flexibility index (Phi) is 4.87. The minimum Gasteiger partial charge on any atom is -0.399 e. The van der Waals surface area contributed by atoms with Gasteiger partial charge >= 0.3 is 0 Å². The van der Waals surface area contributed by atoms with Gasteiger partial charge in [-0.15, -0.1) is 0 Å². The third-order valence-electron chi connectivity index (χ3n) is 3.39. The van der Waals surface area contributed by atoms with E-state index < -0.39 is 0 Å². The van der Waals surface area contributed by atoms with Gasteiger partial charge in [-0.05, 0) is 49.1 Å². The Labute approximate surface area is 114 Å². The molecule has 1 unspecified atom stereocenters. The van der Waals surface area contributed by atoms with Gasteiger partial charge in [-0.2, -0.15) is 0 Å². The molecule has 0 aromatic heterocycles. The second kappa shape index (κ2) is 6.41. The number of piperidine rings is 1. The molecule has 3 nitrogen and oxygen atoms in total. The number of methoxy groups -OCH3 is 1. The highest BCUT2D eigenvalue weighted by molar-refractivity contribution is 6.30. The number of nitrogen functional groups attached to an aromatic ring is 1. The van der Waals surface area contributed by atoms with Gasteiger partial charge in [0, 0.05) is 30.9 Å². The molecule has 0 amide bonds. The Morgan fingerprint density at radius 2 is 2.28 bits per heavy atom. The van der Waals surface area contributed by atoms with E-state index in [1.54, 1.807) is 13.2 Å². The highest BCUT2D eigenvalue weighted by atomic mass is 35.5. The molecule has 1 aromatic rings. The largest absolute Gasteiger partial charge is 0.399 e. The summed E-state index contributed by atoms with van der Waals surface area (Å²) < 4.78 is 5.25. The minimum atomic E-state index is 0.653. The van der Waals surface area contributed by atoms with Crippen LogP contribution >= 0.6 is 11.6 Å². The van der Waals surface area contributed by atoms with Crippen LogP contribution in [0.25, 0.3) is 0 Å². The summed E-state index contributed by atoms with van der Waals surface area (Å²) >= 11 is 6.03. The van der Waals surface area contributed by atoms with E-state index in [2.05, 4.69) is 4.90 Å². The highest BCUT2D eigenvalue weighted by Gasteiger charge is 2.19. The van der Waals surface area contributed by atoms with E-state index in [0.29, 0.717) is 5.92 Å². The Bertz CT molecular complexity index is 375. The molecule has 1 saturated heterocycles. The number of anilines is 1. The number of hydrogen-bond acceptors (Lipinski definition) is 3. The molecule has 0 spiro atoms. The summed E-state index contributed by atoms with van der Waals surface area (Å²) in [5, 5.41) is 0.718. The Balaban J connectivity index is 1.95. The van der Waals surface area contributed by atoms with Gasteiger partial charge in [-0.25, -0.2) is 0 Å². The van der Waals surface area contributed by atoms with Crippen molar-refractivity contribution in [1.82, 2.24) is 4.90 Å². The third-order valence-corrected chi connectivity index (χ3v) is 3.61. The smallest absolute Gasteiger partial charge is 0.0502 e. The molecule has 0 radical (unpaired) electrons. The Morgan fingerprint density at radius 3 is 3.00 bits per heavy atom. The summed E-state index contributed by atoms with van der Waals surface area (Å²) in [4.78, 5) is 2.46. The zero-order valence-electron chi connectivity index (χ0n) is 10.9. The predicted molar refractivity (Wildman–Crippen MR) is 75.7 cm³/mol. The molecule has 100 valence electrons. The van der Waals surface area contributed by atoms with Crippen molar-refractivity contribution in [3.63, 3.8) is 0 Å². The first-order valence-electron chi connectivity index (χ1n) is 6.43. The summed E-state index contributed by atoms with van der Waals surface area (Å²) in [5.74, 6) is 0.653. The Morgan fingerprint density at radius 1 is 1.44 bits per heavy atom. The summed E-state index contributed by atoms with van der Waals surface area (Å²) in [6.07, 6.45) is 2.51. The fourth-order valence-electron chi connectivity index (χ4n) is 2.69. The van der Waals surface area contributed by atoms with Crippen LogP contribution in [-0.2, 0) is 11.3 Å². The number of rotatable bonds is 4. The van der Waals surface area contributed by atoms with Crippen LogP contribution in [-0.4, -0.2) is 31.7 Å². The maximum atomic E-state index is 6.03. The first-order chi connectivity index (χ1) is 8.67. The maximum absolute atomic E-state index is 6.03. The van der Waals surface area contributed by atoms with Gasteiger partial charge in [0.1, 0.15) is 0 Å². The predicted octanol–water partition coefficient (Wildman–Crippen LogP) is 2.78. The molecule has 1 atom stereocenters. The van der Waals surface area contributed by atoms with Crippen molar-refractivity contribution >= 4 is 17.3 Å². The minimum absolute atomic E-state index is 0.653. The lowest BCUT2D eigenvalue weighted by Gasteiger charge is -2.32. The topological polar surface area (TPSA) is 38.5 Å². The molecule has 0 aliphatic carbocycles. The number of ether oxygens (including phenoxy) is 1. The zero-order chi connectivity index (χ0) is 13.0. The van der Waals surface area contributed by atoms with Crippen LogP contribution in [0.5, 0.6) is 0 Å². The Hall–Kier alpha value is -0.770. The van der Waals surface area contributed by atoms with Crippen LogP contribution < -0.4 is 5.73 Å². The van der Waals surface area contributed by atoms with E-state index in [1.807, 2.05) is 12.1 Å². The molecule has 2 N–H and O–H groups in total. The van der Waals surface area contributed by atoms with Gasteiger partial charge in [-0.3, -0.25) is 4.90 Å². The maximum Gasteiger partial charge on any atom is 0.0502 e. The second-order valence-electron chi connectivity index (χ2n) is 5.09. The third kappa shape index (κ3) is 3.87. The summed E-state index contributed by atoms with van der Waals surface area (Å²) in [6.45, 7) is 4.02.